The van der Waals surface area contributed by atoms with Crippen LogP contribution in [0.1, 0.15) is 105 Å². The average Bonchev–Trinajstić information content (AvgIpc) is 2.65. The summed E-state index contributed by atoms with van der Waals surface area (Å²) in [4.78, 5) is 24.2. The SMILES string of the molecule is CCCCCCCC(=O)Oc1ccccc1OC(=O)CCCCCCC(C)(C)C. The molecule has 0 bridgehead atoms. The summed E-state index contributed by atoms with van der Waals surface area (Å²) in [5.41, 5.74) is 0.371. The van der Waals surface area contributed by atoms with E-state index in [4.69, 9.17) is 9.47 Å². The number of hydrogen-bond acceptors (Lipinski definition) is 4. The summed E-state index contributed by atoms with van der Waals surface area (Å²) in [6, 6.07) is 6.89. The Balaban J connectivity index is 2.33. The first kappa shape index (κ1) is 25.2. The molecule has 0 aliphatic carbocycles. The fraction of sp³-hybridized carbons (Fsp3) is 0.680. The zero-order chi connectivity index (χ0) is 21.5. The Kier molecular flexibility index (Phi) is 12.3. The van der Waals surface area contributed by atoms with Crippen LogP contribution in [0.25, 0.3) is 0 Å². The first-order valence-corrected chi connectivity index (χ1v) is 11.3. The summed E-state index contributed by atoms with van der Waals surface area (Å²) >= 11 is 0. The third-order valence-electron chi connectivity index (χ3n) is 4.84. The predicted molar refractivity (Wildman–Crippen MR) is 118 cm³/mol. The third-order valence-corrected chi connectivity index (χ3v) is 4.84. The van der Waals surface area contributed by atoms with E-state index in [1.807, 2.05) is 0 Å². The van der Waals surface area contributed by atoms with Crippen molar-refractivity contribution in [1.29, 1.82) is 0 Å². The molecule has 0 N–H and O–H groups in total. The number of ether oxygens (including phenoxy) is 2. The first-order valence-electron chi connectivity index (χ1n) is 11.3. The minimum Gasteiger partial charge on any atom is -0.423 e. The van der Waals surface area contributed by atoms with Gasteiger partial charge in [0.1, 0.15) is 0 Å². The molecule has 0 amide bonds. The van der Waals surface area contributed by atoms with Gasteiger partial charge in [-0.05, 0) is 36.8 Å². The van der Waals surface area contributed by atoms with Gasteiger partial charge in [-0.2, -0.15) is 0 Å². The van der Waals surface area contributed by atoms with Crippen molar-refractivity contribution in [2.75, 3.05) is 0 Å². The molecule has 0 aliphatic rings. The number of rotatable bonds is 14. The lowest BCUT2D eigenvalue weighted by Gasteiger charge is -2.17. The van der Waals surface area contributed by atoms with Gasteiger partial charge in [0.2, 0.25) is 0 Å². The molecule has 0 radical (unpaired) electrons. The highest BCUT2D eigenvalue weighted by molar-refractivity contribution is 5.76. The summed E-state index contributed by atoms with van der Waals surface area (Å²) in [6.45, 7) is 8.92. The predicted octanol–water partition coefficient (Wildman–Crippen LogP) is 7.24. The van der Waals surface area contributed by atoms with E-state index in [0.29, 0.717) is 29.8 Å². The average molecular weight is 405 g/mol. The van der Waals surface area contributed by atoms with Crippen molar-refractivity contribution < 1.29 is 19.1 Å². The summed E-state index contributed by atoms with van der Waals surface area (Å²) in [5.74, 6) is 0.0990. The van der Waals surface area contributed by atoms with Gasteiger partial charge in [0.25, 0.3) is 0 Å². The van der Waals surface area contributed by atoms with Crippen LogP contribution in [0.15, 0.2) is 24.3 Å². The molecule has 0 fully saturated rings. The van der Waals surface area contributed by atoms with Gasteiger partial charge < -0.3 is 9.47 Å². The normalized spacial score (nSPS) is 11.3. The number of esters is 2. The van der Waals surface area contributed by atoms with E-state index in [1.165, 1.54) is 25.7 Å². The van der Waals surface area contributed by atoms with Crippen molar-refractivity contribution in [3.63, 3.8) is 0 Å². The smallest absolute Gasteiger partial charge is 0.311 e. The van der Waals surface area contributed by atoms with E-state index in [1.54, 1.807) is 24.3 Å². The number of para-hydroxylation sites is 2. The highest BCUT2D eigenvalue weighted by Gasteiger charge is 2.13. The molecule has 0 unspecified atom stereocenters. The molecular formula is C25H40O4. The van der Waals surface area contributed by atoms with E-state index in [2.05, 4.69) is 27.7 Å². The summed E-state index contributed by atoms with van der Waals surface area (Å²) < 4.78 is 10.9. The maximum Gasteiger partial charge on any atom is 0.311 e. The second-order valence-electron chi connectivity index (χ2n) is 9.03. The standard InChI is InChI=1S/C25H40O4/c1-5-6-7-8-11-18-23(26)28-21-16-13-14-17-22(21)29-24(27)19-12-9-10-15-20-25(2,3)4/h13-14,16-17H,5-12,15,18-20H2,1-4H3. The fourth-order valence-corrected chi connectivity index (χ4v) is 3.12. The Morgan fingerprint density at radius 1 is 0.724 bits per heavy atom. The van der Waals surface area contributed by atoms with E-state index in [0.717, 1.165) is 38.5 Å². The number of benzene rings is 1. The Morgan fingerprint density at radius 3 is 1.62 bits per heavy atom. The minimum atomic E-state index is -0.274. The molecule has 0 saturated heterocycles. The molecule has 1 aromatic rings. The quantitative estimate of drug-likeness (QED) is 0.186. The van der Waals surface area contributed by atoms with Crippen LogP contribution in [0, 0.1) is 5.41 Å². The van der Waals surface area contributed by atoms with Gasteiger partial charge in [0, 0.05) is 12.8 Å². The molecule has 0 atom stereocenters. The van der Waals surface area contributed by atoms with Gasteiger partial charge in [0.15, 0.2) is 11.5 Å². The Labute approximate surface area is 177 Å². The van der Waals surface area contributed by atoms with E-state index < -0.39 is 0 Å². The number of unbranched alkanes of at least 4 members (excludes halogenated alkanes) is 7. The zero-order valence-electron chi connectivity index (χ0n) is 18.9. The van der Waals surface area contributed by atoms with Crippen LogP contribution in [0.2, 0.25) is 0 Å². The summed E-state index contributed by atoms with van der Waals surface area (Å²) in [7, 11) is 0. The molecule has 164 valence electrons. The number of hydrogen-bond donors (Lipinski definition) is 0. The number of carbonyl (C=O) groups excluding carboxylic acids is 2. The van der Waals surface area contributed by atoms with Gasteiger partial charge in [-0.1, -0.05) is 84.8 Å². The highest BCUT2D eigenvalue weighted by Crippen LogP contribution is 2.28. The zero-order valence-corrected chi connectivity index (χ0v) is 18.9. The van der Waals surface area contributed by atoms with Gasteiger partial charge >= 0.3 is 11.9 Å². The van der Waals surface area contributed by atoms with E-state index >= 15 is 0 Å². The molecule has 1 aromatic carbocycles. The Bertz CT molecular complexity index is 601. The van der Waals surface area contributed by atoms with Crippen molar-refractivity contribution >= 4 is 11.9 Å². The van der Waals surface area contributed by atoms with Crippen LogP contribution in [-0.4, -0.2) is 11.9 Å². The lowest BCUT2D eigenvalue weighted by atomic mass is 9.89. The van der Waals surface area contributed by atoms with Gasteiger partial charge in [-0.15, -0.1) is 0 Å². The molecule has 0 saturated carbocycles. The van der Waals surface area contributed by atoms with Crippen molar-refractivity contribution in [2.24, 2.45) is 5.41 Å². The lowest BCUT2D eigenvalue weighted by molar-refractivity contribution is -0.137. The van der Waals surface area contributed by atoms with Crippen LogP contribution in [0.5, 0.6) is 11.5 Å². The Morgan fingerprint density at radius 2 is 1.17 bits per heavy atom. The molecule has 1 rings (SSSR count). The highest BCUT2D eigenvalue weighted by atomic mass is 16.6. The minimum absolute atomic E-state index is 0.274. The number of carbonyl (C=O) groups is 2. The van der Waals surface area contributed by atoms with Gasteiger partial charge in [0.05, 0.1) is 0 Å². The second-order valence-corrected chi connectivity index (χ2v) is 9.03. The first-order chi connectivity index (χ1) is 13.8. The van der Waals surface area contributed by atoms with Gasteiger partial charge in [-0.3, -0.25) is 9.59 Å². The van der Waals surface area contributed by atoms with E-state index in [9.17, 15) is 9.59 Å². The maximum absolute atomic E-state index is 12.2. The van der Waals surface area contributed by atoms with Crippen LogP contribution >= 0.6 is 0 Å². The molecule has 4 nitrogen and oxygen atoms in total. The monoisotopic (exact) mass is 404 g/mol. The molecule has 0 heterocycles. The van der Waals surface area contributed by atoms with E-state index in [-0.39, 0.29) is 11.9 Å². The molecule has 0 aliphatic heterocycles. The lowest BCUT2D eigenvalue weighted by Crippen LogP contribution is -2.12. The van der Waals surface area contributed by atoms with Gasteiger partial charge in [-0.25, -0.2) is 0 Å². The maximum atomic E-state index is 12.2. The van der Waals surface area contributed by atoms with Crippen LogP contribution in [0.4, 0.5) is 0 Å². The van der Waals surface area contributed by atoms with Crippen LogP contribution in [-0.2, 0) is 9.59 Å². The summed E-state index contributed by atoms with van der Waals surface area (Å²) in [5, 5.41) is 0. The van der Waals surface area contributed by atoms with Crippen molar-refractivity contribution in [3.8, 4) is 11.5 Å². The summed E-state index contributed by atoms with van der Waals surface area (Å²) in [6.07, 6.45) is 11.5. The van der Waals surface area contributed by atoms with Crippen LogP contribution in [0.3, 0.4) is 0 Å². The fourth-order valence-electron chi connectivity index (χ4n) is 3.12. The largest absolute Gasteiger partial charge is 0.423 e. The molecule has 0 spiro atoms. The second kappa shape index (κ2) is 14.2. The molecule has 0 aromatic heterocycles. The van der Waals surface area contributed by atoms with Crippen molar-refractivity contribution in [3.05, 3.63) is 24.3 Å². The van der Waals surface area contributed by atoms with Crippen molar-refractivity contribution in [1.82, 2.24) is 0 Å². The topological polar surface area (TPSA) is 52.6 Å². The molecule has 29 heavy (non-hydrogen) atoms. The van der Waals surface area contributed by atoms with Crippen LogP contribution < -0.4 is 9.47 Å². The third kappa shape index (κ3) is 13.1. The van der Waals surface area contributed by atoms with Crippen molar-refractivity contribution in [2.45, 2.75) is 105 Å². The molecule has 4 heteroatoms. The Hall–Kier alpha value is -1.84. The molecular weight excluding hydrogens is 364 g/mol.